The minimum atomic E-state index is -0.605. The SMILES string of the molecule is COC(=O)C(Nc1ccncc1Cl)c1ccccc1. The van der Waals surface area contributed by atoms with Crippen LogP contribution in [0.4, 0.5) is 5.69 Å². The first kappa shape index (κ1) is 13.4. The molecule has 98 valence electrons. The van der Waals surface area contributed by atoms with Gasteiger partial charge in [0.1, 0.15) is 0 Å². The van der Waals surface area contributed by atoms with Gasteiger partial charge in [-0.3, -0.25) is 4.98 Å². The Kier molecular flexibility index (Phi) is 4.36. The van der Waals surface area contributed by atoms with Crippen molar-refractivity contribution in [3.63, 3.8) is 0 Å². The van der Waals surface area contributed by atoms with Gasteiger partial charge in [0.25, 0.3) is 0 Å². The van der Waals surface area contributed by atoms with E-state index in [1.807, 2.05) is 30.3 Å². The summed E-state index contributed by atoms with van der Waals surface area (Å²) in [4.78, 5) is 15.8. The number of carbonyl (C=O) groups excluding carboxylic acids is 1. The predicted octanol–water partition coefficient (Wildman–Crippen LogP) is 3.06. The second-order valence-electron chi connectivity index (χ2n) is 3.87. The molecule has 5 heteroatoms. The third-order valence-corrected chi connectivity index (χ3v) is 2.94. The van der Waals surface area contributed by atoms with E-state index >= 15 is 0 Å². The summed E-state index contributed by atoms with van der Waals surface area (Å²) < 4.78 is 4.82. The Morgan fingerprint density at radius 1 is 1.32 bits per heavy atom. The first-order valence-electron chi connectivity index (χ1n) is 5.71. The fourth-order valence-electron chi connectivity index (χ4n) is 1.69. The molecule has 0 saturated carbocycles. The summed E-state index contributed by atoms with van der Waals surface area (Å²) in [6.45, 7) is 0. The van der Waals surface area contributed by atoms with Gasteiger partial charge >= 0.3 is 5.97 Å². The molecular weight excluding hydrogens is 264 g/mol. The minimum absolute atomic E-state index is 0.376. The van der Waals surface area contributed by atoms with Gasteiger partial charge in [0.05, 0.1) is 17.8 Å². The fraction of sp³-hybridized carbons (Fsp3) is 0.143. The average Bonchev–Trinajstić information content (AvgIpc) is 2.46. The molecule has 0 radical (unpaired) electrons. The maximum atomic E-state index is 11.9. The largest absolute Gasteiger partial charge is 0.467 e. The number of methoxy groups -OCH3 is 1. The number of ether oxygens (including phenoxy) is 1. The smallest absolute Gasteiger partial charge is 0.332 e. The van der Waals surface area contributed by atoms with Crippen molar-refractivity contribution < 1.29 is 9.53 Å². The highest BCUT2D eigenvalue weighted by atomic mass is 35.5. The molecule has 2 rings (SSSR count). The van der Waals surface area contributed by atoms with Crippen LogP contribution in [0.25, 0.3) is 0 Å². The zero-order chi connectivity index (χ0) is 13.7. The summed E-state index contributed by atoms with van der Waals surface area (Å²) in [6.07, 6.45) is 3.12. The Balaban J connectivity index is 2.30. The standard InChI is InChI=1S/C14H13ClN2O2/c1-19-14(18)13(10-5-3-2-4-6-10)17-12-7-8-16-9-11(12)15/h2-9,13H,1H3,(H,16,17). The Morgan fingerprint density at radius 2 is 2.05 bits per heavy atom. The van der Waals surface area contributed by atoms with Gasteiger partial charge < -0.3 is 10.1 Å². The lowest BCUT2D eigenvalue weighted by molar-refractivity contribution is -0.141. The Bertz CT molecular complexity index is 560. The highest BCUT2D eigenvalue weighted by molar-refractivity contribution is 6.33. The lowest BCUT2D eigenvalue weighted by Crippen LogP contribution is -2.22. The number of hydrogen-bond acceptors (Lipinski definition) is 4. The highest BCUT2D eigenvalue weighted by Crippen LogP contribution is 2.25. The molecule has 1 heterocycles. The molecule has 1 unspecified atom stereocenters. The normalized spacial score (nSPS) is 11.7. The van der Waals surface area contributed by atoms with Crippen molar-refractivity contribution in [1.82, 2.24) is 4.98 Å². The molecule has 1 N–H and O–H groups in total. The number of benzene rings is 1. The molecule has 0 aliphatic carbocycles. The fourth-order valence-corrected chi connectivity index (χ4v) is 1.86. The van der Waals surface area contributed by atoms with Crippen LogP contribution in [0.2, 0.25) is 5.02 Å². The maximum absolute atomic E-state index is 11.9. The summed E-state index contributed by atoms with van der Waals surface area (Å²) in [5.74, 6) is -0.376. The highest BCUT2D eigenvalue weighted by Gasteiger charge is 2.21. The van der Waals surface area contributed by atoms with E-state index in [4.69, 9.17) is 16.3 Å². The number of carbonyl (C=O) groups is 1. The Morgan fingerprint density at radius 3 is 2.68 bits per heavy atom. The third-order valence-electron chi connectivity index (χ3n) is 2.64. The van der Waals surface area contributed by atoms with Crippen LogP contribution >= 0.6 is 11.6 Å². The van der Waals surface area contributed by atoms with Gasteiger partial charge in [-0.15, -0.1) is 0 Å². The zero-order valence-corrected chi connectivity index (χ0v) is 11.1. The van der Waals surface area contributed by atoms with Crippen LogP contribution in [0.5, 0.6) is 0 Å². The number of halogens is 1. The molecule has 4 nitrogen and oxygen atoms in total. The average molecular weight is 277 g/mol. The van der Waals surface area contributed by atoms with E-state index in [1.54, 1.807) is 12.3 Å². The molecule has 1 aromatic carbocycles. The first-order valence-corrected chi connectivity index (χ1v) is 6.09. The van der Waals surface area contributed by atoms with Gasteiger partial charge in [0.2, 0.25) is 0 Å². The minimum Gasteiger partial charge on any atom is -0.467 e. The number of nitrogens with one attached hydrogen (secondary N) is 1. The molecule has 0 spiro atoms. The van der Waals surface area contributed by atoms with Gasteiger partial charge in [-0.05, 0) is 11.6 Å². The van der Waals surface area contributed by atoms with E-state index in [-0.39, 0.29) is 5.97 Å². The number of anilines is 1. The summed E-state index contributed by atoms with van der Waals surface area (Å²) in [7, 11) is 1.36. The lowest BCUT2D eigenvalue weighted by atomic mass is 10.1. The van der Waals surface area contributed by atoms with Gasteiger partial charge in [-0.1, -0.05) is 41.9 Å². The van der Waals surface area contributed by atoms with Crippen molar-refractivity contribution in [2.45, 2.75) is 6.04 Å². The molecular formula is C14H13ClN2O2. The van der Waals surface area contributed by atoms with Crippen LogP contribution < -0.4 is 5.32 Å². The monoisotopic (exact) mass is 276 g/mol. The van der Waals surface area contributed by atoms with E-state index in [0.717, 1.165) is 5.56 Å². The quantitative estimate of drug-likeness (QED) is 0.872. The molecule has 0 amide bonds. The summed E-state index contributed by atoms with van der Waals surface area (Å²) in [5, 5.41) is 3.52. The van der Waals surface area contributed by atoms with Crippen LogP contribution in [0.3, 0.4) is 0 Å². The maximum Gasteiger partial charge on any atom is 0.332 e. The van der Waals surface area contributed by atoms with E-state index in [9.17, 15) is 4.79 Å². The van der Waals surface area contributed by atoms with Gasteiger partial charge in [-0.25, -0.2) is 4.79 Å². The number of esters is 1. The molecule has 0 fully saturated rings. The van der Waals surface area contributed by atoms with Crippen LogP contribution in [-0.4, -0.2) is 18.1 Å². The molecule has 0 bridgehead atoms. The number of pyridine rings is 1. The molecule has 0 aliphatic rings. The number of nitrogens with zero attached hydrogens (tertiary/aromatic N) is 1. The van der Waals surface area contributed by atoms with E-state index in [0.29, 0.717) is 10.7 Å². The van der Waals surface area contributed by atoms with Crippen LogP contribution in [0.15, 0.2) is 48.8 Å². The third kappa shape index (κ3) is 3.23. The molecule has 0 aliphatic heterocycles. The topological polar surface area (TPSA) is 51.2 Å². The van der Waals surface area contributed by atoms with Crippen molar-refractivity contribution >= 4 is 23.3 Å². The number of aromatic nitrogens is 1. The van der Waals surface area contributed by atoms with Gasteiger partial charge in [0.15, 0.2) is 6.04 Å². The van der Waals surface area contributed by atoms with E-state index < -0.39 is 6.04 Å². The number of hydrogen-bond donors (Lipinski definition) is 1. The van der Waals surface area contributed by atoms with Crippen molar-refractivity contribution in [2.24, 2.45) is 0 Å². The molecule has 1 atom stereocenters. The van der Waals surface area contributed by atoms with Gasteiger partial charge in [-0.2, -0.15) is 0 Å². The van der Waals surface area contributed by atoms with E-state index in [1.165, 1.54) is 13.3 Å². The Hall–Kier alpha value is -2.07. The van der Waals surface area contributed by atoms with E-state index in [2.05, 4.69) is 10.3 Å². The second-order valence-corrected chi connectivity index (χ2v) is 4.27. The summed E-state index contributed by atoms with van der Waals surface area (Å²) >= 11 is 6.03. The van der Waals surface area contributed by atoms with Crippen LogP contribution in [0.1, 0.15) is 11.6 Å². The van der Waals surface area contributed by atoms with Gasteiger partial charge in [0, 0.05) is 12.4 Å². The predicted molar refractivity (Wildman–Crippen MR) is 74.1 cm³/mol. The number of rotatable bonds is 4. The van der Waals surface area contributed by atoms with Crippen molar-refractivity contribution in [1.29, 1.82) is 0 Å². The van der Waals surface area contributed by atoms with Crippen molar-refractivity contribution in [3.05, 3.63) is 59.4 Å². The zero-order valence-electron chi connectivity index (χ0n) is 10.3. The molecule has 1 aromatic heterocycles. The van der Waals surface area contributed by atoms with Crippen LogP contribution in [-0.2, 0) is 9.53 Å². The summed E-state index contributed by atoms with van der Waals surface area (Å²) in [6, 6.07) is 10.4. The van der Waals surface area contributed by atoms with Crippen molar-refractivity contribution in [2.75, 3.05) is 12.4 Å². The molecule has 0 saturated heterocycles. The van der Waals surface area contributed by atoms with Crippen molar-refractivity contribution in [3.8, 4) is 0 Å². The molecule has 2 aromatic rings. The molecule has 19 heavy (non-hydrogen) atoms. The van der Waals surface area contributed by atoms with Crippen LogP contribution in [0, 0.1) is 0 Å². The summed E-state index contributed by atoms with van der Waals surface area (Å²) in [5.41, 5.74) is 1.44. The second kappa shape index (κ2) is 6.20. The first-order chi connectivity index (χ1) is 9.22. The Labute approximate surface area is 116 Å². The lowest BCUT2D eigenvalue weighted by Gasteiger charge is -2.18.